The number of halogens is 1. The molecule has 0 aliphatic heterocycles. The van der Waals surface area contributed by atoms with E-state index in [-0.39, 0.29) is 18.4 Å². The molecule has 1 N–H and O–H groups in total. The molecule has 3 rings (SSSR count). The predicted octanol–water partition coefficient (Wildman–Crippen LogP) is 4.71. The first kappa shape index (κ1) is 23.4. The highest BCUT2D eigenvalue weighted by molar-refractivity contribution is 7.16. The SMILES string of the molecule is COc1ccccc1NC(=O)COc1ccc(C(=O)N(C)Cc2ccc(Cl)s2)cc1OC. The Bertz CT molecular complexity index is 1100. The molecule has 0 saturated carbocycles. The minimum atomic E-state index is -0.356. The van der Waals surface area contributed by atoms with Crippen LogP contribution in [0.25, 0.3) is 0 Å². The van der Waals surface area contributed by atoms with Gasteiger partial charge in [-0.05, 0) is 42.5 Å². The average molecular weight is 475 g/mol. The number of rotatable bonds is 9. The zero-order valence-electron chi connectivity index (χ0n) is 17.9. The van der Waals surface area contributed by atoms with Crippen LogP contribution in [0, 0.1) is 0 Å². The summed E-state index contributed by atoms with van der Waals surface area (Å²) in [6.45, 7) is 0.209. The van der Waals surface area contributed by atoms with Gasteiger partial charge in [-0.3, -0.25) is 9.59 Å². The second-order valence-electron chi connectivity index (χ2n) is 6.77. The average Bonchev–Trinajstić information content (AvgIpc) is 3.21. The number of hydrogen-bond acceptors (Lipinski definition) is 6. The molecule has 3 aromatic rings. The summed E-state index contributed by atoms with van der Waals surface area (Å²) in [7, 11) is 4.72. The second-order valence-corrected chi connectivity index (χ2v) is 8.57. The number of ether oxygens (including phenoxy) is 3. The fourth-order valence-electron chi connectivity index (χ4n) is 2.96. The fourth-order valence-corrected chi connectivity index (χ4v) is 4.10. The summed E-state index contributed by atoms with van der Waals surface area (Å²) < 4.78 is 16.9. The van der Waals surface area contributed by atoms with Crippen LogP contribution in [-0.4, -0.2) is 44.6 Å². The Morgan fingerprint density at radius 1 is 1.00 bits per heavy atom. The molecule has 0 radical (unpaired) electrons. The Morgan fingerprint density at radius 3 is 2.44 bits per heavy atom. The van der Waals surface area contributed by atoms with Crippen LogP contribution >= 0.6 is 22.9 Å². The molecule has 0 saturated heterocycles. The van der Waals surface area contributed by atoms with Crippen molar-refractivity contribution in [2.75, 3.05) is 33.2 Å². The molecule has 9 heteroatoms. The van der Waals surface area contributed by atoms with Crippen LogP contribution in [0.1, 0.15) is 15.2 Å². The van der Waals surface area contributed by atoms with Crippen LogP contribution in [0.5, 0.6) is 17.2 Å². The first-order chi connectivity index (χ1) is 15.4. The van der Waals surface area contributed by atoms with Gasteiger partial charge in [-0.1, -0.05) is 23.7 Å². The molecule has 0 fully saturated rings. The number of anilines is 1. The van der Waals surface area contributed by atoms with Gasteiger partial charge in [0.25, 0.3) is 11.8 Å². The topological polar surface area (TPSA) is 77.1 Å². The summed E-state index contributed by atoms with van der Waals surface area (Å²) >= 11 is 7.39. The van der Waals surface area contributed by atoms with E-state index in [1.54, 1.807) is 54.4 Å². The maximum absolute atomic E-state index is 12.8. The molecule has 32 heavy (non-hydrogen) atoms. The largest absolute Gasteiger partial charge is 0.495 e. The van der Waals surface area contributed by atoms with E-state index in [1.807, 2.05) is 12.1 Å². The lowest BCUT2D eigenvalue weighted by Gasteiger charge is -2.18. The number of carbonyl (C=O) groups excluding carboxylic acids is 2. The first-order valence-electron chi connectivity index (χ1n) is 9.64. The monoisotopic (exact) mass is 474 g/mol. The van der Waals surface area contributed by atoms with Gasteiger partial charge < -0.3 is 24.4 Å². The van der Waals surface area contributed by atoms with Gasteiger partial charge in [-0.15, -0.1) is 11.3 Å². The van der Waals surface area contributed by atoms with E-state index in [4.69, 9.17) is 25.8 Å². The molecule has 0 bridgehead atoms. The van der Waals surface area contributed by atoms with E-state index in [0.717, 1.165) is 4.88 Å². The van der Waals surface area contributed by atoms with Crippen LogP contribution in [-0.2, 0) is 11.3 Å². The highest BCUT2D eigenvalue weighted by atomic mass is 35.5. The van der Waals surface area contributed by atoms with Crippen LogP contribution in [0.2, 0.25) is 4.34 Å². The number of benzene rings is 2. The Hall–Kier alpha value is -3.23. The highest BCUT2D eigenvalue weighted by Crippen LogP contribution is 2.29. The third kappa shape index (κ3) is 5.93. The number of amides is 2. The van der Waals surface area contributed by atoms with E-state index >= 15 is 0 Å². The molecule has 0 unspecified atom stereocenters. The summed E-state index contributed by atoms with van der Waals surface area (Å²) in [6.07, 6.45) is 0. The molecular formula is C23H23ClN2O5S. The Labute approximate surface area is 195 Å². The number of nitrogens with zero attached hydrogens (tertiary/aromatic N) is 1. The van der Waals surface area contributed by atoms with E-state index in [9.17, 15) is 9.59 Å². The normalized spacial score (nSPS) is 10.4. The van der Waals surface area contributed by atoms with Crippen molar-refractivity contribution in [3.8, 4) is 17.2 Å². The van der Waals surface area contributed by atoms with Gasteiger partial charge in [0.05, 0.1) is 30.8 Å². The lowest BCUT2D eigenvalue weighted by Crippen LogP contribution is -2.25. The van der Waals surface area contributed by atoms with Gasteiger partial charge in [0, 0.05) is 17.5 Å². The zero-order valence-corrected chi connectivity index (χ0v) is 19.5. The van der Waals surface area contributed by atoms with E-state index in [2.05, 4.69) is 5.32 Å². The first-order valence-corrected chi connectivity index (χ1v) is 10.8. The predicted molar refractivity (Wildman–Crippen MR) is 125 cm³/mol. The molecular weight excluding hydrogens is 452 g/mol. The summed E-state index contributed by atoms with van der Waals surface area (Å²) in [5.74, 6) is 0.731. The van der Waals surface area contributed by atoms with Crippen LogP contribution in [0.15, 0.2) is 54.6 Å². The van der Waals surface area contributed by atoms with Crippen molar-refractivity contribution >= 4 is 40.4 Å². The van der Waals surface area contributed by atoms with Crippen LogP contribution in [0.4, 0.5) is 5.69 Å². The zero-order chi connectivity index (χ0) is 23.1. The molecule has 0 aliphatic rings. The number of thiophene rings is 1. The number of nitrogens with one attached hydrogen (secondary N) is 1. The van der Waals surface area contributed by atoms with Gasteiger partial charge in [0.2, 0.25) is 0 Å². The third-order valence-electron chi connectivity index (χ3n) is 4.52. The molecule has 1 aromatic heterocycles. The van der Waals surface area contributed by atoms with Crippen molar-refractivity contribution in [3.05, 3.63) is 69.4 Å². The number of hydrogen-bond donors (Lipinski definition) is 1. The summed E-state index contributed by atoms with van der Waals surface area (Å²) in [4.78, 5) is 27.7. The molecule has 2 amide bonds. The van der Waals surface area contributed by atoms with Gasteiger partial charge >= 0.3 is 0 Å². The quantitative estimate of drug-likeness (QED) is 0.486. The molecule has 0 aliphatic carbocycles. The second kappa shape index (κ2) is 10.9. The number of carbonyl (C=O) groups is 2. The van der Waals surface area contributed by atoms with Gasteiger partial charge in [-0.25, -0.2) is 0 Å². The molecule has 0 spiro atoms. The fraction of sp³-hybridized carbons (Fsp3) is 0.217. The minimum absolute atomic E-state index is 0.173. The summed E-state index contributed by atoms with van der Waals surface area (Å²) in [6, 6.07) is 15.6. The number of para-hydroxylation sites is 2. The highest BCUT2D eigenvalue weighted by Gasteiger charge is 2.17. The van der Waals surface area contributed by atoms with Crippen molar-refractivity contribution in [2.24, 2.45) is 0 Å². The van der Waals surface area contributed by atoms with E-state index in [0.29, 0.717) is 39.4 Å². The Kier molecular flexibility index (Phi) is 7.97. The Morgan fingerprint density at radius 2 is 1.75 bits per heavy atom. The maximum atomic E-state index is 12.8. The van der Waals surface area contributed by atoms with E-state index in [1.165, 1.54) is 25.6 Å². The van der Waals surface area contributed by atoms with Crippen LogP contribution in [0.3, 0.4) is 0 Å². The molecule has 168 valence electrons. The van der Waals surface area contributed by atoms with Crippen molar-refractivity contribution in [3.63, 3.8) is 0 Å². The minimum Gasteiger partial charge on any atom is -0.495 e. The lowest BCUT2D eigenvalue weighted by molar-refractivity contribution is -0.118. The van der Waals surface area contributed by atoms with Gasteiger partial charge in [0.15, 0.2) is 18.1 Å². The van der Waals surface area contributed by atoms with Crippen molar-refractivity contribution in [1.29, 1.82) is 0 Å². The molecule has 0 atom stereocenters. The van der Waals surface area contributed by atoms with Crippen molar-refractivity contribution < 1.29 is 23.8 Å². The lowest BCUT2D eigenvalue weighted by atomic mass is 10.1. The standard InChI is InChI=1S/C23H23ClN2O5S/c1-26(13-16-9-11-21(24)32-16)23(28)15-8-10-19(20(12-15)30-3)31-14-22(27)25-17-6-4-5-7-18(17)29-2/h4-12H,13-14H2,1-3H3,(H,25,27). The number of methoxy groups -OCH3 is 2. The van der Waals surface area contributed by atoms with Gasteiger partial charge in [0.1, 0.15) is 5.75 Å². The van der Waals surface area contributed by atoms with Gasteiger partial charge in [-0.2, -0.15) is 0 Å². The van der Waals surface area contributed by atoms with E-state index < -0.39 is 0 Å². The smallest absolute Gasteiger partial charge is 0.262 e. The third-order valence-corrected chi connectivity index (χ3v) is 5.73. The summed E-state index contributed by atoms with van der Waals surface area (Å²) in [5, 5.41) is 2.74. The molecule has 7 nitrogen and oxygen atoms in total. The molecule has 1 heterocycles. The van der Waals surface area contributed by atoms with Crippen molar-refractivity contribution in [2.45, 2.75) is 6.54 Å². The summed E-state index contributed by atoms with van der Waals surface area (Å²) in [5.41, 5.74) is 0.990. The van der Waals surface area contributed by atoms with Crippen molar-refractivity contribution in [1.82, 2.24) is 4.90 Å². The maximum Gasteiger partial charge on any atom is 0.262 e. The molecule has 2 aromatic carbocycles. The Balaban J connectivity index is 1.63. The van der Waals surface area contributed by atoms with Crippen LogP contribution < -0.4 is 19.5 Å².